The number of aryl methyl sites for hydroxylation is 1. The van der Waals surface area contributed by atoms with Crippen LogP contribution < -0.4 is 18.9 Å². The predicted molar refractivity (Wildman–Crippen MR) is 146 cm³/mol. The quantitative estimate of drug-likeness (QED) is 0.251. The van der Waals surface area contributed by atoms with Gasteiger partial charge in [-0.05, 0) is 55.4 Å². The Morgan fingerprint density at radius 3 is 2.03 bits per heavy atom. The van der Waals surface area contributed by atoms with Crippen LogP contribution in [0.2, 0.25) is 5.02 Å². The first-order valence-corrected chi connectivity index (χ1v) is 12.7. The van der Waals surface area contributed by atoms with Crippen LogP contribution in [-0.2, 0) is 9.59 Å². The fraction of sp³-hybridized carbons (Fsp3) is 0.429. The van der Waals surface area contributed by atoms with Gasteiger partial charge in [0.2, 0.25) is 5.75 Å². The van der Waals surface area contributed by atoms with Crippen molar-refractivity contribution < 1.29 is 33.6 Å². The molecule has 10 heteroatoms. The number of ether oxygens (including phenoxy) is 4. The largest absolute Gasteiger partial charge is 0.507 e. The van der Waals surface area contributed by atoms with E-state index in [-0.39, 0.29) is 34.2 Å². The molecule has 38 heavy (non-hydrogen) atoms. The van der Waals surface area contributed by atoms with E-state index in [4.69, 9.17) is 30.5 Å². The molecular formula is C28H35ClN2O7. The number of halogens is 1. The number of carbonyl (C=O) groups is 2. The van der Waals surface area contributed by atoms with Crippen LogP contribution in [-0.4, -0.2) is 81.2 Å². The van der Waals surface area contributed by atoms with E-state index in [1.807, 2.05) is 20.8 Å². The van der Waals surface area contributed by atoms with Gasteiger partial charge in [-0.15, -0.1) is 0 Å². The molecule has 2 aromatic carbocycles. The summed E-state index contributed by atoms with van der Waals surface area (Å²) in [5, 5.41) is 11.9. The van der Waals surface area contributed by atoms with Crippen molar-refractivity contribution in [2.75, 3.05) is 54.6 Å². The molecule has 0 radical (unpaired) electrons. The van der Waals surface area contributed by atoms with Crippen molar-refractivity contribution in [2.24, 2.45) is 0 Å². The first-order chi connectivity index (χ1) is 18.2. The molecule has 1 fully saturated rings. The lowest BCUT2D eigenvalue weighted by molar-refractivity contribution is -0.140. The van der Waals surface area contributed by atoms with Gasteiger partial charge >= 0.3 is 0 Å². The molecule has 0 spiro atoms. The monoisotopic (exact) mass is 546 g/mol. The van der Waals surface area contributed by atoms with Crippen molar-refractivity contribution in [3.8, 4) is 23.0 Å². The molecule has 1 amide bonds. The summed E-state index contributed by atoms with van der Waals surface area (Å²) >= 11 is 6.39. The van der Waals surface area contributed by atoms with Crippen molar-refractivity contribution in [3.05, 3.63) is 51.6 Å². The molecule has 1 aliphatic rings. The molecule has 1 unspecified atom stereocenters. The molecule has 206 valence electrons. The third-order valence-corrected chi connectivity index (χ3v) is 7.02. The summed E-state index contributed by atoms with van der Waals surface area (Å²) in [6.07, 6.45) is 0. The maximum Gasteiger partial charge on any atom is 0.295 e. The van der Waals surface area contributed by atoms with Crippen LogP contribution in [0.1, 0.15) is 36.6 Å². The van der Waals surface area contributed by atoms with E-state index in [1.54, 1.807) is 24.3 Å². The van der Waals surface area contributed by atoms with Gasteiger partial charge in [-0.25, -0.2) is 0 Å². The molecule has 1 heterocycles. The lowest BCUT2D eigenvalue weighted by atomic mass is 9.94. The number of aliphatic hydroxyl groups is 1. The third kappa shape index (κ3) is 5.39. The fourth-order valence-electron chi connectivity index (χ4n) is 4.76. The molecule has 0 saturated carbocycles. The van der Waals surface area contributed by atoms with Crippen molar-refractivity contribution in [3.63, 3.8) is 0 Å². The summed E-state index contributed by atoms with van der Waals surface area (Å²) in [6.45, 7) is 8.24. The number of methoxy groups -OCH3 is 4. The minimum atomic E-state index is -0.928. The van der Waals surface area contributed by atoms with Gasteiger partial charge in [-0.1, -0.05) is 25.4 Å². The molecular weight excluding hydrogens is 512 g/mol. The zero-order valence-electron chi connectivity index (χ0n) is 22.9. The predicted octanol–water partition coefficient (Wildman–Crippen LogP) is 4.45. The molecule has 1 N–H and O–H groups in total. The maximum atomic E-state index is 13.5. The van der Waals surface area contributed by atoms with E-state index in [2.05, 4.69) is 4.90 Å². The number of ketones is 1. The maximum absolute atomic E-state index is 13.5. The molecule has 0 aromatic heterocycles. The van der Waals surface area contributed by atoms with Crippen LogP contribution in [0.5, 0.6) is 23.0 Å². The Morgan fingerprint density at radius 2 is 1.53 bits per heavy atom. The average Bonchev–Trinajstić information content (AvgIpc) is 3.16. The summed E-state index contributed by atoms with van der Waals surface area (Å²) in [5.74, 6) is -0.621. The summed E-state index contributed by atoms with van der Waals surface area (Å²) in [4.78, 5) is 30.5. The Labute approximate surface area is 228 Å². The molecule has 9 nitrogen and oxygen atoms in total. The number of hydrogen-bond acceptors (Lipinski definition) is 8. The van der Waals surface area contributed by atoms with Gasteiger partial charge in [0.15, 0.2) is 11.5 Å². The Morgan fingerprint density at radius 1 is 0.947 bits per heavy atom. The molecule has 1 aliphatic heterocycles. The lowest BCUT2D eigenvalue weighted by Crippen LogP contribution is -2.38. The second-order valence-electron chi connectivity index (χ2n) is 8.81. The van der Waals surface area contributed by atoms with E-state index in [9.17, 15) is 14.7 Å². The molecule has 3 rings (SSSR count). The van der Waals surface area contributed by atoms with Gasteiger partial charge in [-0.2, -0.15) is 0 Å². The number of nitrogens with zero attached hydrogens (tertiary/aromatic N) is 2. The SMILES string of the molecule is CCN(CC)CCN1C(=O)C(=O)/C(=C(/O)c2cc(C)cc(Cl)c2OC)C1c1cc(OC)c(OC)c(OC)c1. The minimum Gasteiger partial charge on any atom is -0.507 e. The van der Waals surface area contributed by atoms with Crippen LogP contribution in [0.25, 0.3) is 5.76 Å². The Bertz CT molecular complexity index is 1210. The van der Waals surface area contributed by atoms with E-state index < -0.39 is 17.7 Å². The topological polar surface area (TPSA) is 97.8 Å². The standard InChI is InChI=1S/C28H35ClN2O7/c1-8-30(9-2)10-11-31-23(17-14-20(35-4)27(38-7)21(15-17)36-5)22(25(33)28(31)34)24(32)18-12-16(3)13-19(29)26(18)37-6/h12-15,23,32H,8-11H2,1-7H3/b24-22+. The van der Waals surface area contributed by atoms with Gasteiger partial charge in [-0.3, -0.25) is 9.59 Å². The van der Waals surface area contributed by atoms with Crippen LogP contribution >= 0.6 is 11.6 Å². The average molecular weight is 547 g/mol. The number of hydrogen-bond donors (Lipinski definition) is 1. The normalized spacial score (nSPS) is 16.8. The van der Waals surface area contributed by atoms with Crippen LogP contribution in [0.3, 0.4) is 0 Å². The second-order valence-corrected chi connectivity index (χ2v) is 9.21. The van der Waals surface area contributed by atoms with E-state index in [1.165, 1.54) is 33.3 Å². The number of carbonyl (C=O) groups excluding carboxylic acids is 2. The third-order valence-electron chi connectivity index (χ3n) is 6.74. The zero-order chi connectivity index (χ0) is 28.1. The highest BCUT2D eigenvalue weighted by Gasteiger charge is 2.47. The highest BCUT2D eigenvalue weighted by molar-refractivity contribution is 6.46. The van der Waals surface area contributed by atoms with Gasteiger partial charge in [0.1, 0.15) is 11.5 Å². The Kier molecular flexibility index (Phi) is 9.51. The highest BCUT2D eigenvalue weighted by atomic mass is 35.5. The number of aliphatic hydroxyl groups excluding tert-OH is 1. The summed E-state index contributed by atoms with van der Waals surface area (Å²) in [6, 6.07) is 5.78. The summed E-state index contributed by atoms with van der Waals surface area (Å²) in [5.41, 5.74) is 1.40. The number of Topliss-reactive ketones (excluding diaryl/α,β-unsaturated/α-hetero) is 1. The smallest absolute Gasteiger partial charge is 0.295 e. The molecule has 0 aliphatic carbocycles. The minimum absolute atomic E-state index is 0.0798. The highest BCUT2D eigenvalue weighted by Crippen LogP contribution is 2.46. The van der Waals surface area contributed by atoms with Crippen LogP contribution in [0.4, 0.5) is 0 Å². The number of likely N-dealkylation sites (tertiary alicyclic amines) is 1. The second kappa shape index (κ2) is 12.4. The van der Waals surface area contributed by atoms with E-state index in [0.29, 0.717) is 29.4 Å². The van der Waals surface area contributed by atoms with E-state index >= 15 is 0 Å². The summed E-state index contributed by atoms with van der Waals surface area (Å²) < 4.78 is 22.0. The number of benzene rings is 2. The zero-order valence-corrected chi connectivity index (χ0v) is 23.6. The lowest BCUT2D eigenvalue weighted by Gasteiger charge is -2.29. The van der Waals surface area contributed by atoms with Gasteiger partial charge < -0.3 is 33.9 Å². The summed E-state index contributed by atoms with van der Waals surface area (Å²) in [7, 11) is 5.88. The van der Waals surface area contributed by atoms with Crippen LogP contribution in [0.15, 0.2) is 29.8 Å². The molecule has 0 bridgehead atoms. The van der Waals surface area contributed by atoms with Crippen molar-refractivity contribution in [1.82, 2.24) is 9.80 Å². The van der Waals surface area contributed by atoms with Crippen molar-refractivity contribution in [2.45, 2.75) is 26.8 Å². The van der Waals surface area contributed by atoms with Gasteiger partial charge in [0.05, 0.1) is 50.6 Å². The van der Waals surface area contributed by atoms with Gasteiger partial charge in [0, 0.05) is 13.1 Å². The first-order valence-electron chi connectivity index (χ1n) is 12.3. The number of amides is 1. The number of likely N-dealkylation sites (N-methyl/N-ethyl adjacent to an activating group) is 1. The van der Waals surface area contributed by atoms with Crippen molar-refractivity contribution in [1.29, 1.82) is 0 Å². The molecule has 2 aromatic rings. The van der Waals surface area contributed by atoms with E-state index in [0.717, 1.165) is 18.7 Å². The number of rotatable bonds is 11. The first kappa shape index (κ1) is 29.1. The molecule has 1 atom stereocenters. The fourth-order valence-corrected chi connectivity index (χ4v) is 5.11. The molecule has 1 saturated heterocycles. The van der Waals surface area contributed by atoms with Gasteiger partial charge in [0.25, 0.3) is 11.7 Å². The Hall–Kier alpha value is -3.43. The van der Waals surface area contributed by atoms with Crippen LogP contribution in [0, 0.1) is 6.92 Å². The Balaban J connectivity index is 2.31. The van der Waals surface area contributed by atoms with Crippen molar-refractivity contribution >= 4 is 29.1 Å².